The van der Waals surface area contributed by atoms with Crippen molar-refractivity contribution in [3.8, 4) is 0 Å². The van der Waals surface area contributed by atoms with Crippen LogP contribution in [0.25, 0.3) is 6.08 Å². The first kappa shape index (κ1) is 7.72. The molecule has 0 fully saturated rings. The summed E-state index contributed by atoms with van der Waals surface area (Å²) in [6.45, 7) is 3.41. The van der Waals surface area contributed by atoms with Crippen LogP contribution in [-0.2, 0) is 0 Å². The Hall–Kier alpha value is -1.38. The summed E-state index contributed by atoms with van der Waals surface area (Å²) in [6, 6.07) is 6.14. The van der Waals surface area contributed by atoms with E-state index in [2.05, 4.69) is 6.58 Å². The molecule has 1 aromatic rings. The Morgan fingerprint density at radius 3 is 2.36 bits per heavy atom. The van der Waals surface area contributed by atoms with Crippen LogP contribution >= 0.6 is 0 Å². The molecule has 0 amide bonds. The highest BCUT2D eigenvalue weighted by Gasteiger charge is 2.05. The van der Waals surface area contributed by atoms with Crippen LogP contribution in [0.5, 0.6) is 0 Å². The summed E-state index contributed by atoms with van der Waals surface area (Å²) in [5.74, 6) is 0. The average molecular weight is 155 g/mol. The van der Waals surface area contributed by atoms with Crippen molar-refractivity contribution in [1.29, 1.82) is 0 Å². The van der Waals surface area contributed by atoms with E-state index in [1.54, 1.807) is 18.2 Å². The number of halogens is 2. The molecule has 0 aliphatic carbocycles. The summed E-state index contributed by atoms with van der Waals surface area (Å²) in [5, 5.41) is -0.920. The maximum absolute atomic E-state index is 12.0. The van der Waals surface area contributed by atoms with Crippen LogP contribution in [0.1, 0.15) is 5.56 Å². The maximum atomic E-state index is 12.0. The first-order valence-electron chi connectivity index (χ1n) is 3.09. The predicted octanol–water partition coefficient (Wildman–Crippen LogP) is 2.91. The largest absolute Gasteiger partial charge is 0.112 e. The van der Waals surface area contributed by atoms with Crippen molar-refractivity contribution < 1.29 is 8.96 Å². The summed E-state index contributed by atoms with van der Waals surface area (Å²) in [7, 11) is 0. The Bertz CT molecular complexity index is 258. The van der Waals surface area contributed by atoms with Crippen molar-refractivity contribution in [2.24, 2.45) is 0 Å². The van der Waals surface area contributed by atoms with Crippen molar-refractivity contribution in [2.45, 2.75) is 0 Å². The average Bonchev–Trinajstić information content (AvgIpc) is 2.04. The van der Waals surface area contributed by atoms with E-state index in [1.165, 1.54) is 12.1 Å². The van der Waals surface area contributed by atoms with Gasteiger partial charge in [-0.15, -0.1) is 0 Å². The summed E-state index contributed by atoms with van der Waals surface area (Å²) >= 11 is 0. The molecule has 1 rings (SSSR count). The first-order chi connectivity index (χ1) is 5.25. The Morgan fingerprint density at radius 2 is 1.91 bits per heavy atom. The molecule has 0 aromatic heterocycles. The second-order valence-corrected chi connectivity index (χ2v) is 2.00. The van der Waals surface area contributed by atoms with Gasteiger partial charge in [0.05, 0.1) is 0 Å². The number of hydrogen-bond donors (Lipinski definition) is 0. The lowest BCUT2D eigenvalue weighted by molar-refractivity contribution is 0.235. The van der Waals surface area contributed by atoms with Crippen molar-refractivity contribution in [2.75, 3.05) is 5.34 Å². The lowest BCUT2D eigenvalue weighted by atomic mass is 10.2. The smallest absolute Gasteiger partial charge is 0.0984 e. The molecule has 0 bridgehead atoms. The van der Waals surface area contributed by atoms with Gasteiger partial charge >= 0.3 is 0 Å². The SMILES string of the molecule is C=Cc1ccccc1N(F)F. The highest BCUT2D eigenvalue weighted by molar-refractivity contribution is 5.64. The quantitative estimate of drug-likeness (QED) is 0.593. The van der Waals surface area contributed by atoms with Crippen LogP contribution in [0.2, 0.25) is 0 Å². The molecule has 0 unspecified atom stereocenters. The van der Waals surface area contributed by atoms with E-state index in [0.29, 0.717) is 5.56 Å². The van der Waals surface area contributed by atoms with Crippen LogP contribution < -0.4 is 5.34 Å². The molecule has 3 heteroatoms. The molecule has 1 nitrogen and oxygen atoms in total. The lowest BCUT2D eigenvalue weighted by Gasteiger charge is -2.04. The molecule has 0 atom stereocenters. The fraction of sp³-hybridized carbons (Fsp3) is 0. The van der Waals surface area contributed by atoms with Crippen molar-refractivity contribution >= 4 is 11.8 Å². The normalized spacial score (nSPS) is 9.27. The molecule has 0 radical (unpaired) electrons. The Kier molecular flexibility index (Phi) is 2.21. The number of rotatable bonds is 2. The van der Waals surface area contributed by atoms with E-state index in [0.717, 1.165) is 0 Å². The number of nitrogens with zero attached hydrogens (tertiary/aromatic N) is 1. The van der Waals surface area contributed by atoms with Crippen molar-refractivity contribution in [1.82, 2.24) is 0 Å². The second-order valence-electron chi connectivity index (χ2n) is 2.00. The van der Waals surface area contributed by atoms with Gasteiger partial charge in [0.2, 0.25) is 0 Å². The minimum absolute atomic E-state index is 0.123. The molecule has 58 valence electrons. The Labute approximate surface area is 63.4 Å². The monoisotopic (exact) mass is 155 g/mol. The van der Waals surface area contributed by atoms with E-state index in [9.17, 15) is 8.96 Å². The molecule has 0 saturated carbocycles. The summed E-state index contributed by atoms with van der Waals surface area (Å²) < 4.78 is 24.0. The molecular formula is C8H7F2N. The zero-order valence-corrected chi connectivity index (χ0v) is 5.80. The summed E-state index contributed by atoms with van der Waals surface area (Å²) in [5.41, 5.74) is 0.306. The van der Waals surface area contributed by atoms with Crippen LogP contribution in [0.4, 0.5) is 14.6 Å². The fourth-order valence-corrected chi connectivity index (χ4v) is 0.814. The third kappa shape index (κ3) is 1.55. The fourth-order valence-electron chi connectivity index (χ4n) is 0.814. The van der Waals surface area contributed by atoms with Gasteiger partial charge < -0.3 is 0 Å². The first-order valence-corrected chi connectivity index (χ1v) is 3.09. The molecule has 0 heterocycles. The second kappa shape index (κ2) is 3.14. The lowest BCUT2D eigenvalue weighted by Crippen LogP contribution is -1.97. The van der Waals surface area contributed by atoms with Crippen LogP contribution in [0, 0.1) is 0 Å². The maximum Gasteiger partial charge on any atom is 0.112 e. The van der Waals surface area contributed by atoms with E-state index < -0.39 is 5.34 Å². The molecule has 0 saturated heterocycles. The predicted molar refractivity (Wildman–Crippen MR) is 41.2 cm³/mol. The van der Waals surface area contributed by atoms with Gasteiger partial charge in [-0.25, -0.2) is 0 Å². The Morgan fingerprint density at radius 1 is 1.27 bits per heavy atom. The van der Waals surface area contributed by atoms with Crippen molar-refractivity contribution in [3.63, 3.8) is 0 Å². The zero-order valence-electron chi connectivity index (χ0n) is 5.80. The molecule has 0 spiro atoms. The van der Waals surface area contributed by atoms with E-state index >= 15 is 0 Å². The minimum atomic E-state index is -0.920. The highest BCUT2D eigenvalue weighted by Crippen LogP contribution is 2.21. The Balaban J connectivity index is 3.12. The van der Waals surface area contributed by atoms with Gasteiger partial charge in [0.25, 0.3) is 0 Å². The van der Waals surface area contributed by atoms with Gasteiger partial charge in [0.15, 0.2) is 0 Å². The van der Waals surface area contributed by atoms with Crippen LogP contribution in [-0.4, -0.2) is 0 Å². The molecule has 0 aliphatic heterocycles. The molecule has 11 heavy (non-hydrogen) atoms. The molecule has 1 aromatic carbocycles. The van der Waals surface area contributed by atoms with Gasteiger partial charge in [-0.3, -0.25) is 0 Å². The standard InChI is InChI=1S/C8H7F2N/c1-2-7-5-3-4-6-8(7)11(9)10/h2-6H,1H2. The number of hydrogen-bond acceptors (Lipinski definition) is 1. The van der Waals surface area contributed by atoms with E-state index in [-0.39, 0.29) is 5.69 Å². The van der Waals surface area contributed by atoms with Crippen LogP contribution in [0.15, 0.2) is 30.8 Å². The summed E-state index contributed by atoms with van der Waals surface area (Å²) in [6.07, 6.45) is 1.39. The minimum Gasteiger partial charge on any atom is -0.0984 e. The molecule has 0 aliphatic rings. The number of benzene rings is 1. The summed E-state index contributed by atoms with van der Waals surface area (Å²) in [4.78, 5) is 0. The number of anilines is 1. The molecular weight excluding hydrogens is 148 g/mol. The van der Waals surface area contributed by atoms with Gasteiger partial charge in [0, 0.05) is 5.56 Å². The van der Waals surface area contributed by atoms with Crippen LogP contribution in [0.3, 0.4) is 0 Å². The zero-order chi connectivity index (χ0) is 8.27. The highest BCUT2D eigenvalue weighted by atomic mass is 19.4. The molecule has 0 N–H and O–H groups in total. The van der Waals surface area contributed by atoms with E-state index in [1.807, 2.05) is 0 Å². The third-order valence-electron chi connectivity index (χ3n) is 1.34. The third-order valence-corrected chi connectivity index (χ3v) is 1.34. The number of para-hydroxylation sites is 1. The van der Waals surface area contributed by atoms with Gasteiger partial charge in [-0.05, 0) is 11.4 Å². The van der Waals surface area contributed by atoms with Gasteiger partial charge in [-0.1, -0.05) is 39.8 Å². The van der Waals surface area contributed by atoms with Crippen molar-refractivity contribution in [3.05, 3.63) is 36.4 Å². The topological polar surface area (TPSA) is 3.24 Å². The van der Waals surface area contributed by atoms with Gasteiger partial charge in [0.1, 0.15) is 5.69 Å². The van der Waals surface area contributed by atoms with E-state index in [4.69, 9.17) is 0 Å². The van der Waals surface area contributed by atoms with Gasteiger partial charge in [-0.2, -0.15) is 0 Å².